The van der Waals surface area contributed by atoms with Crippen molar-refractivity contribution in [3.8, 4) is 11.3 Å². The van der Waals surface area contributed by atoms with E-state index < -0.39 is 0 Å². The highest BCUT2D eigenvalue weighted by Crippen LogP contribution is 2.26. The number of hydrogen-bond donors (Lipinski definition) is 1. The monoisotopic (exact) mass is 376 g/mol. The number of fused-ring (bicyclic) bond motifs is 1. The Morgan fingerprint density at radius 2 is 1.85 bits per heavy atom. The number of aromatic nitrogens is 3. The third-order valence-electron chi connectivity index (χ3n) is 4.40. The predicted molar refractivity (Wildman–Crippen MR) is 107 cm³/mol. The van der Waals surface area contributed by atoms with E-state index >= 15 is 0 Å². The van der Waals surface area contributed by atoms with Crippen molar-refractivity contribution in [3.05, 3.63) is 82.6 Å². The summed E-state index contributed by atoms with van der Waals surface area (Å²) >= 11 is 6.21. The van der Waals surface area contributed by atoms with Crippen molar-refractivity contribution in [2.45, 2.75) is 13.8 Å². The zero-order chi connectivity index (χ0) is 19.0. The van der Waals surface area contributed by atoms with E-state index in [1.165, 1.54) is 5.56 Å². The zero-order valence-electron chi connectivity index (χ0n) is 14.9. The number of nitrogens with one attached hydrogen (secondary N) is 1. The van der Waals surface area contributed by atoms with E-state index in [9.17, 15) is 4.79 Å². The van der Waals surface area contributed by atoms with Crippen LogP contribution in [0.4, 0.5) is 5.69 Å². The van der Waals surface area contributed by atoms with Crippen molar-refractivity contribution >= 4 is 28.8 Å². The molecule has 0 radical (unpaired) electrons. The van der Waals surface area contributed by atoms with Crippen molar-refractivity contribution in [2.75, 3.05) is 5.32 Å². The first-order valence-corrected chi connectivity index (χ1v) is 8.89. The Balaban J connectivity index is 1.72. The Bertz CT molecular complexity index is 1130. The molecule has 0 aliphatic rings. The predicted octanol–water partition coefficient (Wildman–Crippen LogP) is 4.92. The number of rotatable bonds is 3. The molecule has 0 saturated heterocycles. The topological polar surface area (TPSA) is 59.3 Å². The van der Waals surface area contributed by atoms with Crippen LogP contribution in [0.25, 0.3) is 16.9 Å². The Morgan fingerprint density at radius 3 is 2.59 bits per heavy atom. The third-order valence-corrected chi connectivity index (χ3v) is 4.71. The highest BCUT2D eigenvalue weighted by Gasteiger charge is 2.16. The molecule has 2 heterocycles. The molecular weight excluding hydrogens is 360 g/mol. The molecule has 0 atom stereocenters. The lowest BCUT2D eigenvalue weighted by Gasteiger charge is -2.08. The second-order valence-electron chi connectivity index (χ2n) is 6.38. The van der Waals surface area contributed by atoms with Gasteiger partial charge in [0, 0.05) is 17.8 Å². The number of benzene rings is 2. The van der Waals surface area contributed by atoms with Crippen LogP contribution in [0, 0.1) is 13.8 Å². The number of nitrogens with zero attached hydrogens (tertiary/aromatic N) is 3. The molecular formula is C21H17ClN4O. The van der Waals surface area contributed by atoms with Crippen LogP contribution >= 0.6 is 11.6 Å². The van der Waals surface area contributed by atoms with E-state index in [1.807, 2.05) is 56.3 Å². The van der Waals surface area contributed by atoms with Gasteiger partial charge in [0.1, 0.15) is 0 Å². The summed E-state index contributed by atoms with van der Waals surface area (Å²) < 4.78 is 1.68. The van der Waals surface area contributed by atoms with Gasteiger partial charge in [0.25, 0.3) is 5.91 Å². The van der Waals surface area contributed by atoms with Crippen LogP contribution in [0.5, 0.6) is 0 Å². The SMILES string of the molecule is Cc1ccc(-c2ccnc3cc(C(=O)Nc4c(C)cccc4Cl)nn23)cc1. The molecule has 27 heavy (non-hydrogen) atoms. The van der Waals surface area contributed by atoms with Gasteiger partial charge in [-0.25, -0.2) is 9.50 Å². The van der Waals surface area contributed by atoms with Crippen LogP contribution in [-0.2, 0) is 0 Å². The van der Waals surface area contributed by atoms with Crippen LogP contribution in [0.2, 0.25) is 5.02 Å². The molecule has 4 rings (SSSR count). The lowest BCUT2D eigenvalue weighted by molar-refractivity contribution is 0.102. The van der Waals surface area contributed by atoms with E-state index in [4.69, 9.17) is 11.6 Å². The van der Waals surface area contributed by atoms with Crippen LogP contribution < -0.4 is 5.32 Å². The largest absolute Gasteiger partial charge is 0.319 e. The van der Waals surface area contributed by atoms with Gasteiger partial charge in [-0.3, -0.25) is 4.79 Å². The minimum Gasteiger partial charge on any atom is -0.319 e. The van der Waals surface area contributed by atoms with Gasteiger partial charge in [-0.05, 0) is 31.5 Å². The van der Waals surface area contributed by atoms with Crippen molar-refractivity contribution in [1.29, 1.82) is 0 Å². The van der Waals surface area contributed by atoms with Crippen molar-refractivity contribution < 1.29 is 4.79 Å². The fourth-order valence-electron chi connectivity index (χ4n) is 2.92. The fraction of sp³-hybridized carbons (Fsp3) is 0.0952. The zero-order valence-corrected chi connectivity index (χ0v) is 15.7. The number of carbonyl (C=O) groups excluding carboxylic acids is 1. The molecule has 0 spiro atoms. The Hall–Kier alpha value is -3.18. The molecule has 0 fully saturated rings. The summed E-state index contributed by atoms with van der Waals surface area (Å²) in [5.41, 5.74) is 5.42. The summed E-state index contributed by atoms with van der Waals surface area (Å²) in [4.78, 5) is 17.0. The van der Waals surface area contributed by atoms with Crippen LogP contribution in [0.3, 0.4) is 0 Å². The molecule has 6 heteroatoms. The summed E-state index contributed by atoms with van der Waals surface area (Å²) in [7, 11) is 0. The molecule has 2 aromatic carbocycles. The van der Waals surface area contributed by atoms with Gasteiger partial charge in [0.15, 0.2) is 11.3 Å². The van der Waals surface area contributed by atoms with Crippen LogP contribution in [0.15, 0.2) is 60.8 Å². The molecule has 2 aromatic heterocycles. The fourth-order valence-corrected chi connectivity index (χ4v) is 3.19. The molecule has 0 bridgehead atoms. The van der Waals surface area contributed by atoms with Gasteiger partial charge in [0.2, 0.25) is 0 Å². The van der Waals surface area contributed by atoms with Crippen molar-refractivity contribution in [3.63, 3.8) is 0 Å². The van der Waals surface area contributed by atoms with Gasteiger partial charge in [-0.15, -0.1) is 0 Å². The first kappa shape index (κ1) is 17.2. The normalized spacial score (nSPS) is 10.9. The van der Waals surface area contributed by atoms with Crippen LogP contribution in [-0.4, -0.2) is 20.5 Å². The maximum absolute atomic E-state index is 12.7. The third kappa shape index (κ3) is 3.29. The number of amides is 1. The molecule has 0 unspecified atom stereocenters. The molecule has 0 aliphatic heterocycles. The number of aryl methyl sites for hydroxylation is 2. The van der Waals surface area contributed by atoms with E-state index in [-0.39, 0.29) is 11.6 Å². The Kier molecular flexibility index (Phi) is 4.38. The van der Waals surface area contributed by atoms with Crippen molar-refractivity contribution in [2.24, 2.45) is 0 Å². The number of halogens is 1. The number of anilines is 1. The summed E-state index contributed by atoms with van der Waals surface area (Å²) in [6.45, 7) is 3.93. The first-order chi connectivity index (χ1) is 13.0. The average molecular weight is 377 g/mol. The smallest absolute Gasteiger partial charge is 0.276 e. The summed E-state index contributed by atoms with van der Waals surface area (Å²) in [5.74, 6) is -0.327. The minimum atomic E-state index is -0.327. The summed E-state index contributed by atoms with van der Waals surface area (Å²) in [6, 6.07) is 17.2. The molecule has 1 amide bonds. The molecule has 5 nitrogen and oxygen atoms in total. The van der Waals surface area contributed by atoms with Gasteiger partial charge in [-0.2, -0.15) is 5.10 Å². The Labute approximate surface area is 161 Å². The standard InChI is InChI=1S/C21H17ClN4O/c1-13-6-8-15(9-7-13)18-10-11-23-19-12-17(25-26(18)19)21(27)24-20-14(2)4-3-5-16(20)22/h3-12H,1-2H3,(H,24,27). The van der Waals surface area contributed by atoms with Gasteiger partial charge < -0.3 is 5.32 Å². The molecule has 1 N–H and O–H groups in total. The van der Waals surface area contributed by atoms with E-state index in [2.05, 4.69) is 15.4 Å². The molecule has 134 valence electrons. The molecule has 0 saturated carbocycles. The van der Waals surface area contributed by atoms with Crippen molar-refractivity contribution in [1.82, 2.24) is 14.6 Å². The maximum atomic E-state index is 12.7. The number of hydrogen-bond acceptors (Lipinski definition) is 3. The van der Waals surface area contributed by atoms with E-state index in [0.717, 1.165) is 16.8 Å². The highest BCUT2D eigenvalue weighted by atomic mass is 35.5. The second-order valence-corrected chi connectivity index (χ2v) is 6.79. The van der Waals surface area contributed by atoms with Crippen LogP contribution in [0.1, 0.15) is 21.6 Å². The lowest BCUT2D eigenvalue weighted by atomic mass is 10.1. The average Bonchev–Trinajstić information content (AvgIpc) is 3.10. The van der Waals surface area contributed by atoms with E-state index in [1.54, 1.807) is 22.8 Å². The summed E-state index contributed by atoms with van der Waals surface area (Å²) in [5, 5.41) is 7.81. The summed E-state index contributed by atoms with van der Waals surface area (Å²) in [6.07, 6.45) is 1.71. The highest BCUT2D eigenvalue weighted by molar-refractivity contribution is 6.34. The van der Waals surface area contributed by atoms with E-state index in [0.29, 0.717) is 16.4 Å². The number of para-hydroxylation sites is 1. The quantitative estimate of drug-likeness (QED) is 0.552. The van der Waals surface area contributed by atoms with Gasteiger partial charge in [0.05, 0.1) is 16.4 Å². The maximum Gasteiger partial charge on any atom is 0.276 e. The first-order valence-electron chi connectivity index (χ1n) is 8.51. The molecule has 4 aromatic rings. The van der Waals surface area contributed by atoms with Gasteiger partial charge in [-0.1, -0.05) is 53.6 Å². The van der Waals surface area contributed by atoms with Gasteiger partial charge >= 0.3 is 0 Å². The minimum absolute atomic E-state index is 0.279. The second kappa shape index (κ2) is 6.85. The molecule has 0 aliphatic carbocycles. The Morgan fingerprint density at radius 1 is 1.07 bits per heavy atom. The lowest BCUT2D eigenvalue weighted by Crippen LogP contribution is -2.14. The number of carbonyl (C=O) groups is 1.